The number of hydrazine groups is 1. The minimum Gasteiger partial charge on any atom is -0.308 e. The number of aryl methyl sites for hydroxylation is 3. The molecule has 6 nitrogen and oxygen atoms in total. The Morgan fingerprint density at radius 3 is 2.30 bits per heavy atom. The molecule has 0 aliphatic rings. The van der Waals surface area contributed by atoms with Crippen molar-refractivity contribution in [3.05, 3.63) is 28.8 Å². The van der Waals surface area contributed by atoms with Crippen molar-refractivity contribution in [3.8, 4) is 0 Å². The molecule has 0 spiro atoms. The predicted molar refractivity (Wildman–Crippen MR) is 79.6 cm³/mol. The van der Waals surface area contributed by atoms with Crippen LogP contribution < -0.4 is 11.3 Å². The molecule has 2 aromatic heterocycles. The van der Waals surface area contributed by atoms with Crippen molar-refractivity contribution in [2.75, 3.05) is 5.43 Å². The van der Waals surface area contributed by atoms with E-state index in [9.17, 15) is 0 Å². The molecule has 106 valence electrons. The van der Waals surface area contributed by atoms with Crippen molar-refractivity contribution >= 4 is 17.6 Å². The number of aromatic nitrogens is 4. The van der Waals surface area contributed by atoms with Crippen LogP contribution in [0.15, 0.2) is 16.2 Å². The first-order valence-electron chi connectivity index (χ1n) is 6.37. The lowest BCUT2D eigenvalue weighted by atomic mass is 10.3. The molecule has 0 aliphatic heterocycles. The second-order valence-electron chi connectivity index (χ2n) is 4.45. The Labute approximate surface area is 122 Å². The van der Waals surface area contributed by atoms with Gasteiger partial charge in [-0.2, -0.15) is 0 Å². The first-order chi connectivity index (χ1) is 9.53. The van der Waals surface area contributed by atoms with E-state index in [4.69, 9.17) is 5.84 Å². The molecule has 0 aliphatic carbocycles. The third kappa shape index (κ3) is 3.23. The van der Waals surface area contributed by atoms with E-state index in [0.717, 1.165) is 34.2 Å². The van der Waals surface area contributed by atoms with Crippen LogP contribution in [0.25, 0.3) is 0 Å². The molecule has 0 amide bonds. The zero-order chi connectivity index (χ0) is 14.7. The van der Waals surface area contributed by atoms with Gasteiger partial charge in [-0.1, -0.05) is 6.92 Å². The van der Waals surface area contributed by atoms with Crippen LogP contribution in [0.2, 0.25) is 0 Å². The van der Waals surface area contributed by atoms with Crippen LogP contribution in [-0.2, 0) is 6.42 Å². The molecule has 3 N–H and O–H groups in total. The molecular weight excluding hydrogens is 272 g/mol. The highest BCUT2D eigenvalue weighted by Gasteiger charge is 2.12. The molecule has 0 aromatic carbocycles. The van der Waals surface area contributed by atoms with Gasteiger partial charge in [-0.25, -0.2) is 25.8 Å². The van der Waals surface area contributed by atoms with Gasteiger partial charge in [0.1, 0.15) is 16.7 Å². The average molecular weight is 290 g/mol. The van der Waals surface area contributed by atoms with Crippen LogP contribution in [0.1, 0.15) is 29.7 Å². The second kappa shape index (κ2) is 6.15. The molecule has 0 saturated heterocycles. The smallest absolute Gasteiger partial charge is 0.194 e. The van der Waals surface area contributed by atoms with Gasteiger partial charge in [0, 0.05) is 23.4 Å². The zero-order valence-corrected chi connectivity index (χ0v) is 12.9. The summed E-state index contributed by atoms with van der Waals surface area (Å²) in [6.07, 6.45) is 0.746. The quantitative estimate of drug-likeness (QED) is 0.386. The summed E-state index contributed by atoms with van der Waals surface area (Å²) in [6.45, 7) is 7.85. The summed E-state index contributed by atoms with van der Waals surface area (Å²) in [5.74, 6) is 6.89. The molecule has 20 heavy (non-hydrogen) atoms. The Hall–Kier alpha value is -1.73. The first-order valence-corrected chi connectivity index (χ1v) is 7.19. The molecule has 0 radical (unpaired) electrons. The fraction of sp³-hybridized carbons (Fsp3) is 0.385. The standard InChI is InChI=1S/C13H18N6S/c1-5-10-17-11(19-14)9(4)12(18-10)20-13-15-7(2)6-8(3)16-13/h6H,5,14H2,1-4H3,(H,17,18,19). The van der Waals surface area contributed by atoms with Gasteiger partial charge < -0.3 is 5.43 Å². The molecule has 0 saturated carbocycles. The number of anilines is 1. The SMILES string of the molecule is CCc1nc(NN)c(C)c(Sc2nc(C)cc(C)n2)n1. The highest BCUT2D eigenvalue weighted by molar-refractivity contribution is 7.99. The lowest BCUT2D eigenvalue weighted by Gasteiger charge is -2.10. The number of hydrogen-bond acceptors (Lipinski definition) is 7. The summed E-state index contributed by atoms with van der Waals surface area (Å²) in [6, 6.07) is 1.95. The summed E-state index contributed by atoms with van der Waals surface area (Å²) in [4.78, 5) is 17.7. The first kappa shape index (κ1) is 14.7. The largest absolute Gasteiger partial charge is 0.308 e. The van der Waals surface area contributed by atoms with Gasteiger partial charge in [-0.3, -0.25) is 0 Å². The van der Waals surface area contributed by atoms with Crippen molar-refractivity contribution in [1.29, 1.82) is 0 Å². The van der Waals surface area contributed by atoms with Gasteiger partial charge in [0.2, 0.25) is 0 Å². The van der Waals surface area contributed by atoms with Crippen molar-refractivity contribution in [2.45, 2.75) is 44.3 Å². The number of nitrogens with one attached hydrogen (secondary N) is 1. The number of hydrogen-bond donors (Lipinski definition) is 2. The van der Waals surface area contributed by atoms with Crippen LogP contribution in [0.3, 0.4) is 0 Å². The molecule has 0 bridgehead atoms. The third-order valence-corrected chi connectivity index (χ3v) is 3.71. The molecule has 2 heterocycles. The molecule has 7 heteroatoms. The highest BCUT2D eigenvalue weighted by atomic mass is 32.2. The molecule has 0 atom stereocenters. The monoisotopic (exact) mass is 290 g/mol. The number of nitrogen functional groups attached to an aromatic ring is 1. The lowest BCUT2D eigenvalue weighted by molar-refractivity contribution is 0.859. The number of nitrogens with two attached hydrogens (primary N) is 1. The Kier molecular flexibility index (Phi) is 4.51. The second-order valence-corrected chi connectivity index (χ2v) is 5.41. The zero-order valence-electron chi connectivity index (χ0n) is 12.1. The van der Waals surface area contributed by atoms with E-state index in [1.54, 1.807) is 0 Å². The molecule has 2 aromatic rings. The van der Waals surface area contributed by atoms with Crippen molar-refractivity contribution in [1.82, 2.24) is 19.9 Å². The normalized spacial score (nSPS) is 10.7. The van der Waals surface area contributed by atoms with E-state index in [1.165, 1.54) is 11.8 Å². The molecule has 0 unspecified atom stereocenters. The summed E-state index contributed by atoms with van der Waals surface area (Å²) in [7, 11) is 0. The van der Waals surface area contributed by atoms with Gasteiger partial charge in [0.15, 0.2) is 5.16 Å². The average Bonchev–Trinajstić information content (AvgIpc) is 2.40. The fourth-order valence-corrected chi connectivity index (χ4v) is 2.72. The lowest BCUT2D eigenvalue weighted by Crippen LogP contribution is -2.13. The molecular formula is C13H18N6S. The maximum atomic E-state index is 5.50. The topological polar surface area (TPSA) is 89.6 Å². The van der Waals surface area contributed by atoms with E-state index >= 15 is 0 Å². The van der Waals surface area contributed by atoms with Gasteiger partial charge in [0.05, 0.1) is 0 Å². The van der Waals surface area contributed by atoms with Crippen LogP contribution >= 0.6 is 11.8 Å². The summed E-state index contributed by atoms with van der Waals surface area (Å²) in [5.41, 5.74) is 5.40. The van der Waals surface area contributed by atoms with Crippen LogP contribution in [0.4, 0.5) is 5.82 Å². The van der Waals surface area contributed by atoms with E-state index in [-0.39, 0.29) is 0 Å². The van der Waals surface area contributed by atoms with E-state index in [1.807, 2.05) is 33.8 Å². The summed E-state index contributed by atoms with van der Waals surface area (Å²) < 4.78 is 0. The fourth-order valence-electron chi connectivity index (χ4n) is 1.76. The Bertz CT molecular complexity index is 608. The van der Waals surface area contributed by atoms with Crippen molar-refractivity contribution in [2.24, 2.45) is 5.84 Å². The van der Waals surface area contributed by atoms with Gasteiger partial charge in [0.25, 0.3) is 0 Å². The van der Waals surface area contributed by atoms with E-state index < -0.39 is 0 Å². The predicted octanol–water partition coefficient (Wildman–Crippen LogP) is 2.19. The number of rotatable bonds is 4. The van der Waals surface area contributed by atoms with Crippen molar-refractivity contribution < 1.29 is 0 Å². The maximum absolute atomic E-state index is 5.50. The minimum atomic E-state index is 0.642. The van der Waals surface area contributed by atoms with Gasteiger partial charge >= 0.3 is 0 Å². The highest BCUT2D eigenvalue weighted by Crippen LogP contribution is 2.29. The summed E-state index contributed by atoms with van der Waals surface area (Å²) in [5, 5.41) is 1.52. The van der Waals surface area contributed by atoms with Gasteiger partial charge in [-0.15, -0.1) is 0 Å². The van der Waals surface area contributed by atoms with E-state index in [2.05, 4.69) is 25.4 Å². The molecule has 0 fully saturated rings. The minimum absolute atomic E-state index is 0.642. The number of nitrogens with zero attached hydrogens (tertiary/aromatic N) is 4. The Balaban J connectivity index is 2.41. The van der Waals surface area contributed by atoms with Crippen molar-refractivity contribution in [3.63, 3.8) is 0 Å². The van der Waals surface area contributed by atoms with Gasteiger partial charge in [-0.05, 0) is 38.6 Å². The molecule has 2 rings (SSSR count). The van der Waals surface area contributed by atoms with Crippen LogP contribution in [-0.4, -0.2) is 19.9 Å². The Morgan fingerprint density at radius 1 is 1.10 bits per heavy atom. The van der Waals surface area contributed by atoms with E-state index in [0.29, 0.717) is 11.0 Å². The van der Waals surface area contributed by atoms with Crippen LogP contribution in [0.5, 0.6) is 0 Å². The maximum Gasteiger partial charge on any atom is 0.194 e. The van der Waals surface area contributed by atoms with Crippen LogP contribution in [0, 0.1) is 20.8 Å². The third-order valence-electron chi connectivity index (χ3n) is 2.75. The Morgan fingerprint density at radius 2 is 1.75 bits per heavy atom. The summed E-state index contributed by atoms with van der Waals surface area (Å²) >= 11 is 1.43.